The van der Waals surface area contributed by atoms with Gasteiger partial charge in [-0.25, -0.2) is 4.79 Å². The summed E-state index contributed by atoms with van der Waals surface area (Å²) in [7, 11) is 0. The number of aliphatic carboxylic acids is 1. The van der Waals surface area contributed by atoms with Crippen LogP contribution in [0.1, 0.15) is 27.0 Å². The number of fused-ring (bicyclic) bond motifs is 1. The summed E-state index contributed by atoms with van der Waals surface area (Å²) in [6.07, 6.45) is 6.92. The number of aryl methyl sites for hydroxylation is 1. The Labute approximate surface area is 126 Å². The lowest BCUT2D eigenvalue weighted by Gasteiger charge is -2.21. The standard InChI is InChI=1S/C16H14O4S/c1-9-5-6-11(12(10(9)2)13(17)18)15-7-3-4-8-16(15,21-15)14(19)20/h3-8H,1-2H3,(H,17,18)(H,19,20). The number of thioether (sulfide) groups is 1. The maximum atomic E-state index is 11.7. The average Bonchev–Trinajstić information content (AvgIpc) is 3.13. The van der Waals surface area contributed by atoms with Crippen molar-refractivity contribution in [2.24, 2.45) is 0 Å². The molecule has 108 valence electrons. The Bertz CT molecular complexity index is 734. The van der Waals surface area contributed by atoms with E-state index in [2.05, 4.69) is 0 Å². The van der Waals surface area contributed by atoms with Gasteiger partial charge in [0.05, 0.1) is 10.3 Å². The van der Waals surface area contributed by atoms with E-state index in [1.165, 1.54) is 11.8 Å². The van der Waals surface area contributed by atoms with Gasteiger partial charge in [0.15, 0.2) is 4.75 Å². The summed E-state index contributed by atoms with van der Waals surface area (Å²) in [6.45, 7) is 3.61. The molecule has 0 spiro atoms. The molecule has 0 saturated carbocycles. The molecule has 2 unspecified atom stereocenters. The molecule has 1 aromatic carbocycles. The zero-order valence-corrected chi connectivity index (χ0v) is 12.4. The normalized spacial score (nSPS) is 29.0. The first-order chi connectivity index (χ1) is 9.86. The van der Waals surface area contributed by atoms with Crippen molar-refractivity contribution in [1.82, 2.24) is 0 Å². The molecule has 1 heterocycles. The number of carboxylic acids is 2. The predicted octanol–water partition coefficient (Wildman–Crippen LogP) is 2.89. The third-order valence-electron chi connectivity index (χ3n) is 4.27. The molecule has 2 N–H and O–H groups in total. The van der Waals surface area contributed by atoms with Crippen LogP contribution in [0.3, 0.4) is 0 Å². The minimum absolute atomic E-state index is 0.213. The lowest BCUT2D eigenvalue weighted by Crippen LogP contribution is -2.32. The van der Waals surface area contributed by atoms with E-state index in [9.17, 15) is 19.8 Å². The Morgan fingerprint density at radius 2 is 1.76 bits per heavy atom. The highest BCUT2D eigenvalue weighted by atomic mass is 32.2. The molecule has 3 rings (SSSR count). The summed E-state index contributed by atoms with van der Waals surface area (Å²) in [5.41, 5.74) is 2.34. The average molecular weight is 302 g/mol. The van der Waals surface area contributed by atoms with Crippen molar-refractivity contribution in [3.63, 3.8) is 0 Å². The number of rotatable bonds is 3. The summed E-state index contributed by atoms with van der Waals surface area (Å²) < 4.78 is -1.91. The fraction of sp³-hybridized carbons (Fsp3) is 0.250. The van der Waals surface area contributed by atoms with Crippen molar-refractivity contribution in [3.05, 3.63) is 58.7 Å². The number of carboxylic acid groups (broad SMARTS) is 2. The molecule has 2 aliphatic rings. The number of carbonyl (C=O) groups is 2. The van der Waals surface area contributed by atoms with Gasteiger partial charge in [-0.05, 0) is 30.5 Å². The Morgan fingerprint density at radius 1 is 1.10 bits per heavy atom. The number of aromatic carboxylic acids is 1. The summed E-state index contributed by atoms with van der Waals surface area (Å²) in [6, 6.07) is 3.59. The zero-order chi connectivity index (χ0) is 15.4. The minimum atomic E-state index is -1.09. The van der Waals surface area contributed by atoms with Crippen molar-refractivity contribution >= 4 is 23.7 Å². The van der Waals surface area contributed by atoms with E-state index >= 15 is 0 Å². The second kappa shape index (κ2) is 4.24. The topological polar surface area (TPSA) is 74.6 Å². The van der Waals surface area contributed by atoms with Crippen LogP contribution >= 0.6 is 11.8 Å². The molecule has 1 saturated heterocycles. The third-order valence-corrected chi connectivity index (χ3v) is 6.02. The fourth-order valence-corrected chi connectivity index (χ4v) is 4.40. The fourth-order valence-electron chi connectivity index (χ4n) is 2.95. The quantitative estimate of drug-likeness (QED) is 0.840. The van der Waals surface area contributed by atoms with Gasteiger partial charge in [0, 0.05) is 0 Å². The van der Waals surface area contributed by atoms with Gasteiger partial charge < -0.3 is 10.2 Å². The Morgan fingerprint density at radius 3 is 2.38 bits per heavy atom. The summed E-state index contributed by atoms with van der Waals surface area (Å²) in [5.74, 6) is -1.96. The van der Waals surface area contributed by atoms with Crippen LogP contribution in [0.5, 0.6) is 0 Å². The largest absolute Gasteiger partial charge is 0.480 e. The van der Waals surface area contributed by atoms with Crippen LogP contribution in [0.15, 0.2) is 36.4 Å². The maximum absolute atomic E-state index is 11.7. The Hall–Kier alpha value is -2.01. The number of benzene rings is 1. The summed E-state index contributed by atoms with van der Waals surface area (Å²) >= 11 is 1.26. The van der Waals surface area contributed by atoms with Crippen LogP contribution in [0.25, 0.3) is 0 Å². The maximum Gasteiger partial charge on any atom is 0.336 e. The molecule has 21 heavy (non-hydrogen) atoms. The molecule has 5 heteroatoms. The number of allylic oxidation sites excluding steroid dienone is 2. The second-order valence-electron chi connectivity index (χ2n) is 5.33. The van der Waals surface area contributed by atoms with Crippen molar-refractivity contribution in [2.75, 3.05) is 0 Å². The van der Waals surface area contributed by atoms with Gasteiger partial charge in [0.25, 0.3) is 0 Å². The van der Waals surface area contributed by atoms with Crippen molar-refractivity contribution < 1.29 is 19.8 Å². The van der Waals surface area contributed by atoms with Crippen LogP contribution in [-0.2, 0) is 9.54 Å². The monoisotopic (exact) mass is 302 g/mol. The van der Waals surface area contributed by atoms with Crippen molar-refractivity contribution in [3.8, 4) is 0 Å². The van der Waals surface area contributed by atoms with Gasteiger partial charge in [-0.3, -0.25) is 4.79 Å². The molecule has 4 nitrogen and oxygen atoms in total. The van der Waals surface area contributed by atoms with Crippen LogP contribution < -0.4 is 0 Å². The van der Waals surface area contributed by atoms with E-state index < -0.39 is 21.4 Å². The summed E-state index contributed by atoms with van der Waals surface area (Å²) in [5, 5.41) is 19.1. The molecule has 0 radical (unpaired) electrons. The first kappa shape index (κ1) is 13.9. The lowest BCUT2D eigenvalue weighted by atomic mass is 9.79. The van der Waals surface area contributed by atoms with E-state index in [4.69, 9.17) is 0 Å². The Kier molecular flexibility index (Phi) is 2.82. The van der Waals surface area contributed by atoms with Crippen LogP contribution in [0.4, 0.5) is 0 Å². The molecule has 1 fully saturated rings. The molecular formula is C16H14O4S. The van der Waals surface area contributed by atoms with Crippen molar-refractivity contribution in [2.45, 2.75) is 23.3 Å². The highest BCUT2D eigenvalue weighted by Crippen LogP contribution is 2.73. The molecule has 1 aromatic rings. The second-order valence-corrected chi connectivity index (χ2v) is 6.82. The minimum Gasteiger partial charge on any atom is -0.480 e. The van der Waals surface area contributed by atoms with Gasteiger partial charge >= 0.3 is 11.9 Å². The van der Waals surface area contributed by atoms with E-state index in [1.807, 2.05) is 13.0 Å². The number of hydrogen-bond donors (Lipinski definition) is 2. The van der Waals surface area contributed by atoms with E-state index in [0.29, 0.717) is 11.1 Å². The van der Waals surface area contributed by atoms with E-state index in [0.717, 1.165) is 5.56 Å². The molecule has 0 aromatic heterocycles. The van der Waals surface area contributed by atoms with Crippen LogP contribution in [0.2, 0.25) is 0 Å². The Balaban J connectivity index is 2.26. The molecule has 1 aliphatic carbocycles. The molecule has 0 amide bonds. The van der Waals surface area contributed by atoms with Gasteiger partial charge in [0.2, 0.25) is 0 Å². The highest BCUT2D eigenvalue weighted by Gasteiger charge is 2.73. The van der Waals surface area contributed by atoms with Gasteiger partial charge in [0.1, 0.15) is 0 Å². The van der Waals surface area contributed by atoms with Gasteiger partial charge in [-0.15, -0.1) is 11.8 Å². The SMILES string of the molecule is Cc1ccc(C23C=CC=CC2(C(=O)O)S3)c(C(=O)O)c1C. The zero-order valence-electron chi connectivity index (χ0n) is 11.6. The first-order valence-corrected chi connectivity index (χ1v) is 7.32. The first-order valence-electron chi connectivity index (χ1n) is 6.50. The van der Waals surface area contributed by atoms with E-state index in [1.54, 1.807) is 37.3 Å². The lowest BCUT2D eigenvalue weighted by molar-refractivity contribution is -0.138. The highest BCUT2D eigenvalue weighted by molar-refractivity contribution is 8.10. The molecule has 0 bridgehead atoms. The van der Waals surface area contributed by atoms with Crippen molar-refractivity contribution in [1.29, 1.82) is 0 Å². The number of hydrogen-bond acceptors (Lipinski definition) is 3. The summed E-state index contributed by atoms with van der Waals surface area (Å²) in [4.78, 5) is 23.3. The molecule has 1 aliphatic heterocycles. The van der Waals surface area contributed by atoms with Crippen LogP contribution in [-0.4, -0.2) is 26.9 Å². The van der Waals surface area contributed by atoms with Crippen LogP contribution in [0, 0.1) is 13.8 Å². The smallest absolute Gasteiger partial charge is 0.336 e. The molecule has 2 atom stereocenters. The van der Waals surface area contributed by atoms with Gasteiger partial charge in [-0.1, -0.05) is 36.4 Å². The predicted molar refractivity (Wildman–Crippen MR) is 80.8 cm³/mol. The van der Waals surface area contributed by atoms with Gasteiger partial charge in [-0.2, -0.15) is 0 Å². The third kappa shape index (κ3) is 1.64. The molecular weight excluding hydrogens is 288 g/mol. The van der Waals surface area contributed by atoms with E-state index in [-0.39, 0.29) is 5.56 Å².